The predicted molar refractivity (Wildman–Crippen MR) is 88.1 cm³/mol. The van der Waals surface area contributed by atoms with Crippen LogP contribution in [-0.2, 0) is 4.74 Å². The van der Waals surface area contributed by atoms with E-state index in [2.05, 4.69) is 39.9 Å². The summed E-state index contributed by atoms with van der Waals surface area (Å²) in [7, 11) is 1.93. The fraction of sp³-hybridized carbons (Fsp3) is 1.00. The zero-order valence-electron chi connectivity index (χ0n) is 14.7. The van der Waals surface area contributed by atoms with Gasteiger partial charge in [0.15, 0.2) is 0 Å². The Kier molecular flexibility index (Phi) is 7.00. The Morgan fingerprint density at radius 1 is 1.00 bits per heavy atom. The van der Waals surface area contributed by atoms with Gasteiger partial charge in [-0.3, -0.25) is 0 Å². The maximum absolute atomic E-state index is 6.11. The molecule has 2 heteroatoms. The van der Waals surface area contributed by atoms with Crippen molar-refractivity contribution in [2.75, 3.05) is 13.7 Å². The number of ether oxygens (including phenoxy) is 1. The lowest BCUT2D eigenvalue weighted by Crippen LogP contribution is -2.55. The standard InChI is InChI=1S/C18H37NO/c1-7-15(8-2)14-16(19-9-3)18(20-6)12-10-17(4,5)11-13-18/h15-16,19H,7-14H2,1-6H3. The zero-order chi connectivity index (χ0) is 15.2. The second-order valence-corrected chi connectivity index (χ2v) is 7.46. The van der Waals surface area contributed by atoms with Crippen LogP contribution in [0.5, 0.6) is 0 Å². The highest BCUT2D eigenvalue weighted by molar-refractivity contribution is 4.99. The molecule has 0 radical (unpaired) electrons. The maximum atomic E-state index is 6.11. The molecule has 1 N–H and O–H groups in total. The fourth-order valence-electron chi connectivity index (χ4n) is 3.73. The second-order valence-electron chi connectivity index (χ2n) is 7.46. The molecule has 0 bridgehead atoms. The SMILES string of the molecule is CCNC(CC(CC)CC)C1(OC)CCC(C)(C)CC1. The molecule has 0 aromatic rings. The first-order valence-corrected chi connectivity index (χ1v) is 8.71. The first-order valence-electron chi connectivity index (χ1n) is 8.71. The zero-order valence-corrected chi connectivity index (χ0v) is 14.7. The predicted octanol–water partition coefficient (Wildman–Crippen LogP) is 4.78. The van der Waals surface area contributed by atoms with Crippen LogP contribution in [0.1, 0.15) is 79.6 Å². The van der Waals surface area contributed by atoms with Crippen molar-refractivity contribution in [1.82, 2.24) is 5.32 Å². The first kappa shape index (κ1) is 18.0. The van der Waals surface area contributed by atoms with Gasteiger partial charge in [0.05, 0.1) is 5.60 Å². The van der Waals surface area contributed by atoms with Crippen LogP contribution in [-0.4, -0.2) is 25.3 Å². The number of hydrogen-bond donors (Lipinski definition) is 1. The van der Waals surface area contributed by atoms with Crippen LogP contribution >= 0.6 is 0 Å². The quantitative estimate of drug-likeness (QED) is 0.692. The van der Waals surface area contributed by atoms with Crippen molar-refractivity contribution in [1.29, 1.82) is 0 Å². The summed E-state index contributed by atoms with van der Waals surface area (Å²) in [6.07, 6.45) is 8.79. The minimum absolute atomic E-state index is 0.0636. The molecule has 0 heterocycles. The molecule has 120 valence electrons. The average Bonchev–Trinajstić information content (AvgIpc) is 2.44. The van der Waals surface area contributed by atoms with E-state index in [9.17, 15) is 0 Å². The van der Waals surface area contributed by atoms with E-state index in [0.717, 1.165) is 12.5 Å². The lowest BCUT2D eigenvalue weighted by Gasteiger charge is -2.48. The Hall–Kier alpha value is -0.0800. The van der Waals surface area contributed by atoms with Gasteiger partial charge < -0.3 is 10.1 Å². The van der Waals surface area contributed by atoms with Crippen molar-refractivity contribution >= 4 is 0 Å². The molecular formula is C18H37NO. The van der Waals surface area contributed by atoms with Crippen molar-refractivity contribution in [3.05, 3.63) is 0 Å². The van der Waals surface area contributed by atoms with E-state index in [0.29, 0.717) is 11.5 Å². The summed E-state index contributed by atoms with van der Waals surface area (Å²) in [6, 6.07) is 0.512. The Bertz CT molecular complexity index is 261. The summed E-state index contributed by atoms with van der Waals surface area (Å²) in [5.74, 6) is 0.820. The summed E-state index contributed by atoms with van der Waals surface area (Å²) in [5.41, 5.74) is 0.557. The Balaban J connectivity index is 2.80. The van der Waals surface area contributed by atoms with E-state index in [4.69, 9.17) is 4.74 Å². The molecule has 0 saturated heterocycles. The van der Waals surface area contributed by atoms with Gasteiger partial charge in [-0.15, -0.1) is 0 Å². The summed E-state index contributed by atoms with van der Waals surface area (Å²) < 4.78 is 6.11. The fourth-order valence-corrected chi connectivity index (χ4v) is 3.73. The number of likely N-dealkylation sites (N-methyl/N-ethyl adjacent to an activating group) is 1. The summed E-state index contributed by atoms with van der Waals surface area (Å²) in [4.78, 5) is 0. The van der Waals surface area contributed by atoms with Gasteiger partial charge in [0.1, 0.15) is 0 Å². The first-order chi connectivity index (χ1) is 9.43. The number of nitrogens with one attached hydrogen (secondary N) is 1. The van der Waals surface area contributed by atoms with Crippen molar-refractivity contribution in [2.45, 2.75) is 91.2 Å². The maximum Gasteiger partial charge on any atom is 0.0831 e. The summed E-state index contributed by atoms with van der Waals surface area (Å²) in [6.45, 7) is 12.7. The van der Waals surface area contributed by atoms with Gasteiger partial charge in [-0.2, -0.15) is 0 Å². The highest BCUT2D eigenvalue weighted by Crippen LogP contribution is 2.44. The van der Waals surface area contributed by atoms with Crippen LogP contribution < -0.4 is 5.32 Å². The van der Waals surface area contributed by atoms with Crippen LogP contribution in [0.25, 0.3) is 0 Å². The lowest BCUT2D eigenvalue weighted by atomic mass is 9.67. The highest BCUT2D eigenvalue weighted by Gasteiger charge is 2.44. The van der Waals surface area contributed by atoms with Gasteiger partial charge in [-0.25, -0.2) is 0 Å². The van der Waals surface area contributed by atoms with Gasteiger partial charge in [0.25, 0.3) is 0 Å². The van der Waals surface area contributed by atoms with Crippen molar-refractivity contribution in [3.63, 3.8) is 0 Å². The van der Waals surface area contributed by atoms with E-state index >= 15 is 0 Å². The molecule has 0 aliphatic heterocycles. The molecule has 20 heavy (non-hydrogen) atoms. The average molecular weight is 284 g/mol. The van der Waals surface area contributed by atoms with E-state index < -0.39 is 0 Å². The minimum Gasteiger partial charge on any atom is -0.377 e. The van der Waals surface area contributed by atoms with Gasteiger partial charge in [-0.05, 0) is 50.0 Å². The summed E-state index contributed by atoms with van der Waals surface area (Å²) >= 11 is 0. The molecule has 2 nitrogen and oxygen atoms in total. The normalized spacial score (nSPS) is 22.9. The van der Waals surface area contributed by atoms with E-state index in [1.165, 1.54) is 44.9 Å². The highest BCUT2D eigenvalue weighted by atomic mass is 16.5. The monoisotopic (exact) mass is 283 g/mol. The third kappa shape index (κ3) is 4.46. The number of rotatable bonds is 8. The van der Waals surface area contributed by atoms with E-state index in [-0.39, 0.29) is 5.60 Å². The summed E-state index contributed by atoms with van der Waals surface area (Å²) in [5, 5.41) is 3.75. The molecule has 0 spiro atoms. The van der Waals surface area contributed by atoms with Gasteiger partial charge in [-0.1, -0.05) is 47.5 Å². The van der Waals surface area contributed by atoms with Crippen LogP contribution in [0.3, 0.4) is 0 Å². The van der Waals surface area contributed by atoms with Crippen molar-refractivity contribution < 1.29 is 4.74 Å². The van der Waals surface area contributed by atoms with Gasteiger partial charge in [0, 0.05) is 13.2 Å². The minimum atomic E-state index is 0.0636. The molecule has 1 unspecified atom stereocenters. The molecule has 0 amide bonds. The van der Waals surface area contributed by atoms with Crippen LogP contribution in [0.2, 0.25) is 0 Å². The van der Waals surface area contributed by atoms with E-state index in [1.54, 1.807) is 0 Å². The Labute approximate surface area is 127 Å². The molecular weight excluding hydrogens is 246 g/mol. The molecule has 1 rings (SSSR count). The topological polar surface area (TPSA) is 21.3 Å². The van der Waals surface area contributed by atoms with Crippen LogP contribution in [0.15, 0.2) is 0 Å². The van der Waals surface area contributed by atoms with Gasteiger partial charge in [0.2, 0.25) is 0 Å². The molecule has 1 fully saturated rings. The Morgan fingerprint density at radius 3 is 1.95 bits per heavy atom. The second kappa shape index (κ2) is 7.79. The lowest BCUT2D eigenvalue weighted by molar-refractivity contribution is -0.0905. The van der Waals surface area contributed by atoms with Crippen molar-refractivity contribution in [2.24, 2.45) is 11.3 Å². The van der Waals surface area contributed by atoms with Crippen molar-refractivity contribution in [3.8, 4) is 0 Å². The molecule has 1 saturated carbocycles. The molecule has 1 aliphatic rings. The van der Waals surface area contributed by atoms with Crippen LogP contribution in [0, 0.1) is 11.3 Å². The molecule has 0 aromatic heterocycles. The smallest absolute Gasteiger partial charge is 0.0831 e. The Morgan fingerprint density at radius 2 is 1.55 bits per heavy atom. The largest absolute Gasteiger partial charge is 0.377 e. The molecule has 1 atom stereocenters. The van der Waals surface area contributed by atoms with Gasteiger partial charge >= 0.3 is 0 Å². The van der Waals surface area contributed by atoms with E-state index in [1.807, 2.05) is 7.11 Å². The number of methoxy groups -OCH3 is 1. The molecule has 1 aliphatic carbocycles. The third-order valence-corrected chi connectivity index (χ3v) is 5.67. The third-order valence-electron chi connectivity index (χ3n) is 5.67. The number of hydrogen-bond acceptors (Lipinski definition) is 2. The van der Waals surface area contributed by atoms with Crippen LogP contribution in [0.4, 0.5) is 0 Å². The molecule has 0 aromatic carbocycles.